The maximum atomic E-state index is 11.4. The summed E-state index contributed by atoms with van der Waals surface area (Å²) in [6, 6.07) is 0. The molecule has 1 rings (SSSR count). The quantitative estimate of drug-likeness (QED) is 0.434. The van der Waals surface area contributed by atoms with E-state index in [1.54, 1.807) is 6.92 Å². The van der Waals surface area contributed by atoms with Gasteiger partial charge in [-0.05, 0) is 6.92 Å². The van der Waals surface area contributed by atoms with Crippen molar-refractivity contribution in [3.8, 4) is 5.75 Å². The molecule has 0 atom stereocenters. The van der Waals surface area contributed by atoms with Crippen molar-refractivity contribution in [2.45, 2.75) is 6.92 Å². The second-order valence-electron chi connectivity index (χ2n) is 2.72. The Labute approximate surface area is 91.2 Å². The van der Waals surface area contributed by atoms with Gasteiger partial charge in [-0.25, -0.2) is 4.79 Å². The molecule has 0 radical (unpaired) electrons. The van der Waals surface area contributed by atoms with E-state index in [0.29, 0.717) is 0 Å². The van der Waals surface area contributed by atoms with E-state index in [1.807, 2.05) is 0 Å². The van der Waals surface area contributed by atoms with Crippen molar-refractivity contribution in [3.63, 3.8) is 0 Å². The highest BCUT2D eigenvalue weighted by Gasteiger charge is 2.24. The molecular formula is C9H10N2O5. The number of rotatable bonds is 4. The minimum atomic E-state index is -0.699. The Morgan fingerprint density at radius 3 is 2.75 bits per heavy atom. The fourth-order valence-electron chi connectivity index (χ4n) is 1.14. The van der Waals surface area contributed by atoms with Crippen LogP contribution in [-0.2, 0) is 4.74 Å². The molecule has 0 spiro atoms. The molecule has 0 saturated carbocycles. The van der Waals surface area contributed by atoms with Crippen molar-refractivity contribution in [1.82, 2.24) is 4.98 Å². The molecule has 1 aromatic rings. The molecule has 0 aromatic carbocycles. The summed E-state index contributed by atoms with van der Waals surface area (Å²) in [4.78, 5) is 25.0. The Morgan fingerprint density at radius 2 is 2.25 bits per heavy atom. The second-order valence-corrected chi connectivity index (χ2v) is 2.72. The van der Waals surface area contributed by atoms with Crippen molar-refractivity contribution < 1.29 is 19.2 Å². The van der Waals surface area contributed by atoms with E-state index < -0.39 is 10.9 Å². The zero-order chi connectivity index (χ0) is 12.1. The molecule has 0 aliphatic heterocycles. The summed E-state index contributed by atoms with van der Waals surface area (Å²) in [5, 5.41) is 10.6. The highest BCUT2D eigenvalue weighted by molar-refractivity contribution is 5.93. The largest absolute Gasteiger partial charge is 0.489 e. The van der Waals surface area contributed by atoms with Crippen LogP contribution in [0.1, 0.15) is 17.3 Å². The number of carbonyl (C=O) groups excluding carboxylic acids is 1. The maximum Gasteiger partial charge on any atom is 0.343 e. The van der Waals surface area contributed by atoms with E-state index in [4.69, 9.17) is 9.47 Å². The number of nitro groups is 1. The van der Waals surface area contributed by atoms with Gasteiger partial charge in [0.1, 0.15) is 11.8 Å². The number of methoxy groups -OCH3 is 1. The number of esters is 1. The lowest BCUT2D eigenvalue weighted by molar-refractivity contribution is -0.386. The highest BCUT2D eigenvalue weighted by atomic mass is 16.6. The van der Waals surface area contributed by atoms with E-state index in [0.717, 1.165) is 6.20 Å². The summed E-state index contributed by atoms with van der Waals surface area (Å²) < 4.78 is 9.55. The molecule has 0 aliphatic carbocycles. The van der Waals surface area contributed by atoms with E-state index in [1.165, 1.54) is 13.3 Å². The van der Waals surface area contributed by atoms with E-state index >= 15 is 0 Å². The molecule has 7 nitrogen and oxygen atoms in total. The lowest BCUT2D eigenvalue weighted by Crippen LogP contribution is -2.08. The van der Waals surface area contributed by atoms with Gasteiger partial charge in [-0.3, -0.25) is 15.1 Å². The summed E-state index contributed by atoms with van der Waals surface area (Å²) in [5.41, 5.74) is -0.424. The number of nitrogens with zero attached hydrogens (tertiary/aromatic N) is 2. The van der Waals surface area contributed by atoms with Crippen LogP contribution in [0, 0.1) is 10.1 Å². The Kier molecular flexibility index (Phi) is 3.76. The zero-order valence-corrected chi connectivity index (χ0v) is 8.80. The van der Waals surface area contributed by atoms with Crippen LogP contribution in [0.3, 0.4) is 0 Å². The molecule has 0 amide bonds. The predicted molar refractivity (Wildman–Crippen MR) is 53.4 cm³/mol. The molecule has 0 N–H and O–H groups in total. The number of ether oxygens (including phenoxy) is 2. The van der Waals surface area contributed by atoms with Gasteiger partial charge in [0.2, 0.25) is 5.75 Å². The topological polar surface area (TPSA) is 91.6 Å². The minimum Gasteiger partial charge on any atom is -0.489 e. The third-order valence-corrected chi connectivity index (χ3v) is 1.77. The minimum absolute atomic E-state index is 0.0569. The van der Waals surface area contributed by atoms with E-state index in [-0.39, 0.29) is 23.6 Å². The average Bonchev–Trinajstić information content (AvgIpc) is 2.28. The van der Waals surface area contributed by atoms with Gasteiger partial charge in [-0.15, -0.1) is 0 Å². The Balaban J connectivity index is 3.24. The van der Waals surface area contributed by atoms with E-state index in [2.05, 4.69) is 4.98 Å². The summed E-state index contributed by atoms with van der Waals surface area (Å²) in [5.74, 6) is -0.839. The number of carbonyl (C=O) groups is 1. The molecule has 0 unspecified atom stereocenters. The molecular weight excluding hydrogens is 216 g/mol. The van der Waals surface area contributed by atoms with Gasteiger partial charge in [0, 0.05) is 6.20 Å². The Bertz CT molecular complexity index is 418. The predicted octanol–water partition coefficient (Wildman–Crippen LogP) is 1.18. The van der Waals surface area contributed by atoms with Crippen molar-refractivity contribution in [3.05, 3.63) is 28.1 Å². The normalized spacial score (nSPS) is 9.62. The van der Waals surface area contributed by atoms with Gasteiger partial charge in [-0.1, -0.05) is 0 Å². The number of pyridine rings is 1. The molecule has 0 saturated heterocycles. The summed E-state index contributed by atoms with van der Waals surface area (Å²) >= 11 is 0. The molecule has 1 heterocycles. The number of aromatic nitrogens is 1. The van der Waals surface area contributed by atoms with Gasteiger partial charge < -0.3 is 9.47 Å². The summed E-state index contributed by atoms with van der Waals surface area (Å²) in [7, 11) is 1.24. The van der Waals surface area contributed by atoms with Crippen molar-refractivity contribution in [2.24, 2.45) is 0 Å². The van der Waals surface area contributed by atoms with Crippen molar-refractivity contribution in [1.29, 1.82) is 0 Å². The smallest absolute Gasteiger partial charge is 0.343 e. The van der Waals surface area contributed by atoms with Crippen LogP contribution < -0.4 is 4.74 Å². The third-order valence-electron chi connectivity index (χ3n) is 1.77. The first kappa shape index (κ1) is 11.9. The molecule has 0 aliphatic rings. The van der Waals surface area contributed by atoms with Crippen molar-refractivity contribution in [2.75, 3.05) is 13.7 Å². The molecule has 1 aromatic heterocycles. The van der Waals surface area contributed by atoms with Gasteiger partial charge in [-0.2, -0.15) is 0 Å². The molecule has 16 heavy (non-hydrogen) atoms. The monoisotopic (exact) mass is 226 g/mol. The molecule has 0 fully saturated rings. The average molecular weight is 226 g/mol. The fourth-order valence-corrected chi connectivity index (χ4v) is 1.14. The second kappa shape index (κ2) is 5.06. The van der Waals surface area contributed by atoms with Crippen LogP contribution in [0.5, 0.6) is 5.75 Å². The van der Waals surface area contributed by atoms with E-state index in [9.17, 15) is 14.9 Å². The van der Waals surface area contributed by atoms with Gasteiger partial charge >= 0.3 is 11.7 Å². The van der Waals surface area contributed by atoms with Gasteiger partial charge in [0.25, 0.3) is 0 Å². The Hall–Kier alpha value is -2.18. The summed E-state index contributed by atoms with van der Waals surface area (Å²) in [6.45, 7) is 1.81. The number of hydrogen-bond acceptors (Lipinski definition) is 6. The van der Waals surface area contributed by atoms with Crippen LogP contribution in [0.2, 0.25) is 0 Å². The van der Waals surface area contributed by atoms with Crippen LogP contribution in [0.15, 0.2) is 12.4 Å². The molecule has 86 valence electrons. The van der Waals surface area contributed by atoms with Crippen LogP contribution in [0.25, 0.3) is 0 Å². The van der Waals surface area contributed by atoms with Gasteiger partial charge in [0.05, 0.1) is 18.6 Å². The number of hydrogen-bond donors (Lipinski definition) is 0. The van der Waals surface area contributed by atoms with Crippen LogP contribution in [0.4, 0.5) is 5.69 Å². The van der Waals surface area contributed by atoms with Crippen molar-refractivity contribution >= 4 is 11.7 Å². The first-order valence-corrected chi connectivity index (χ1v) is 4.45. The lowest BCUT2D eigenvalue weighted by atomic mass is 10.2. The third kappa shape index (κ3) is 2.25. The maximum absolute atomic E-state index is 11.4. The zero-order valence-electron chi connectivity index (χ0n) is 8.80. The molecule has 0 bridgehead atoms. The van der Waals surface area contributed by atoms with Crippen LogP contribution >= 0.6 is 0 Å². The lowest BCUT2D eigenvalue weighted by Gasteiger charge is -2.06. The first-order chi connectivity index (χ1) is 7.61. The standard InChI is InChI=1S/C9H10N2O5/c1-3-16-9(12)6-4-10-5-7(11(13)14)8(6)15-2/h4-5H,3H2,1-2H3. The Morgan fingerprint density at radius 1 is 1.56 bits per heavy atom. The van der Waals surface area contributed by atoms with Crippen LogP contribution in [-0.4, -0.2) is 29.6 Å². The SMILES string of the molecule is CCOC(=O)c1cncc([N+](=O)[O-])c1OC. The fraction of sp³-hybridized carbons (Fsp3) is 0.333. The van der Waals surface area contributed by atoms with Gasteiger partial charge in [0.15, 0.2) is 0 Å². The first-order valence-electron chi connectivity index (χ1n) is 4.45. The highest BCUT2D eigenvalue weighted by Crippen LogP contribution is 2.29. The summed E-state index contributed by atoms with van der Waals surface area (Å²) in [6.07, 6.45) is 2.19. The molecule has 7 heteroatoms.